The number of carbonyl (C=O) groups is 1. The first kappa shape index (κ1) is 16.9. The predicted molar refractivity (Wildman–Crippen MR) is 88.9 cm³/mol. The molecule has 0 aliphatic rings. The van der Waals surface area contributed by atoms with Crippen molar-refractivity contribution in [3.8, 4) is 11.1 Å². The summed E-state index contributed by atoms with van der Waals surface area (Å²) in [5.74, 6) is 0.403. The van der Waals surface area contributed by atoms with E-state index < -0.39 is 6.67 Å². The summed E-state index contributed by atoms with van der Waals surface area (Å²) in [5, 5.41) is 5.66. The lowest BCUT2D eigenvalue weighted by Crippen LogP contribution is -2.31. The molecule has 6 heteroatoms. The molecular weight excluding hydrogens is 295 g/mol. The van der Waals surface area contributed by atoms with E-state index in [0.717, 1.165) is 23.1 Å². The number of anilines is 1. The number of nitrogens with zero attached hydrogens (tertiary/aromatic N) is 2. The lowest BCUT2D eigenvalue weighted by molar-refractivity contribution is -0.119. The molecule has 1 aromatic heterocycles. The van der Waals surface area contributed by atoms with Crippen LogP contribution in [0.15, 0.2) is 36.7 Å². The van der Waals surface area contributed by atoms with E-state index in [4.69, 9.17) is 0 Å². The summed E-state index contributed by atoms with van der Waals surface area (Å²) < 4.78 is 12.1. The lowest BCUT2D eigenvalue weighted by Gasteiger charge is -2.12. The van der Waals surface area contributed by atoms with E-state index in [1.54, 1.807) is 12.4 Å². The molecule has 5 nitrogen and oxygen atoms in total. The molecule has 122 valence electrons. The first-order chi connectivity index (χ1) is 11.1. The highest BCUT2D eigenvalue weighted by molar-refractivity contribution is 5.73. The summed E-state index contributed by atoms with van der Waals surface area (Å²) in [6.45, 7) is 3.25. The molecule has 1 heterocycles. The molecule has 0 fully saturated rings. The summed E-state index contributed by atoms with van der Waals surface area (Å²) in [5.41, 5.74) is 3.06. The van der Waals surface area contributed by atoms with Crippen molar-refractivity contribution in [2.45, 2.75) is 26.3 Å². The van der Waals surface area contributed by atoms with Crippen molar-refractivity contribution in [2.24, 2.45) is 0 Å². The second kappa shape index (κ2) is 8.22. The molecule has 1 unspecified atom stereocenters. The number of hydrogen-bond donors (Lipinski definition) is 2. The first-order valence-corrected chi connectivity index (χ1v) is 7.57. The standard InChI is InChI=1S/C17H21FN4O/c1-12(22-13(2)23)9-14-3-5-15(6-4-14)16-10-20-17(21-11-16)19-8-7-18/h3-6,10-12H,7-9H2,1-2H3,(H,22,23)(H,19,20,21). The van der Waals surface area contributed by atoms with E-state index >= 15 is 0 Å². The lowest BCUT2D eigenvalue weighted by atomic mass is 10.0. The predicted octanol–water partition coefficient (Wildman–Crippen LogP) is 2.59. The van der Waals surface area contributed by atoms with Gasteiger partial charge < -0.3 is 10.6 Å². The average molecular weight is 316 g/mol. The van der Waals surface area contributed by atoms with E-state index in [-0.39, 0.29) is 18.5 Å². The quantitative estimate of drug-likeness (QED) is 0.824. The number of halogens is 1. The maximum atomic E-state index is 12.1. The Morgan fingerprint density at radius 3 is 2.39 bits per heavy atom. The number of rotatable bonds is 7. The van der Waals surface area contributed by atoms with E-state index in [2.05, 4.69) is 20.6 Å². The Morgan fingerprint density at radius 2 is 1.83 bits per heavy atom. The Kier molecular flexibility index (Phi) is 6.02. The van der Waals surface area contributed by atoms with Crippen LogP contribution < -0.4 is 10.6 Å². The Balaban J connectivity index is 2.00. The van der Waals surface area contributed by atoms with Crippen LogP contribution in [-0.2, 0) is 11.2 Å². The van der Waals surface area contributed by atoms with E-state index in [1.807, 2.05) is 31.2 Å². The number of hydrogen-bond acceptors (Lipinski definition) is 4. The van der Waals surface area contributed by atoms with Crippen LogP contribution in [0.25, 0.3) is 11.1 Å². The molecule has 0 spiro atoms. The molecular formula is C17H21FN4O. The molecule has 0 bridgehead atoms. The van der Waals surface area contributed by atoms with Gasteiger partial charge in [0.15, 0.2) is 0 Å². The van der Waals surface area contributed by atoms with Crippen LogP contribution in [0, 0.1) is 0 Å². The van der Waals surface area contributed by atoms with Gasteiger partial charge in [0.1, 0.15) is 6.67 Å². The van der Waals surface area contributed by atoms with Gasteiger partial charge in [-0.3, -0.25) is 4.79 Å². The van der Waals surface area contributed by atoms with Crippen molar-refractivity contribution in [1.29, 1.82) is 0 Å². The third kappa shape index (κ3) is 5.32. The third-order valence-corrected chi connectivity index (χ3v) is 3.31. The number of aromatic nitrogens is 2. The highest BCUT2D eigenvalue weighted by atomic mass is 19.1. The fourth-order valence-electron chi connectivity index (χ4n) is 2.31. The van der Waals surface area contributed by atoms with Crippen molar-refractivity contribution in [3.63, 3.8) is 0 Å². The molecule has 0 aliphatic carbocycles. The minimum Gasteiger partial charge on any atom is -0.354 e. The highest BCUT2D eigenvalue weighted by Gasteiger charge is 2.06. The molecule has 23 heavy (non-hydrogen) atoms. The summed E-state index contributed by atoms with van der Waals surface area (Å²) in [4.78, 5) is 19.3. The molecule has 0 saturated carbocycles. The molecule has 2 rings (SSSR count). The Bertz CT molecular complexity index is 628. The molecule has 2 N–H and O–H groups in total. The number of nitrogens with one attached hydrogen (secondary N) is 2. The molecule has 2 aromatic rings. The van der Waals surface area contributed by atoms with Crippen LogP contribution in [0.3, 0.4) is 0 Å². The van der Waals surface area contributed by atoms with Crippen molar-refractivity contribution in [1.82, 2.24) is 15.3 Å². The molecule has 1 atom stereocenters. The smallest absolute Gasteiger partial charge is 0.222 e. The number of benzene rings is 1. The van der Waals surface area contributed by atoms with Crippen LogP contribution in [0.2, 0.25) is 0 Å². The maximum absolute atomic E-state index is 12.1. The van der Waals surface area contributed by atoms with Gasteiger partial charge in [-0.2, -0.15) is 0 Å². The Hall–Kier alpha value is -2.50. The summed E-state index contributed by atoms with van der Waals surface area (Å²) in [6.07, 6.45) is 4.20. The normalized spacial score (nSPS) is 11.8. The van der Waals surface area contributed by atoms with E-state index in [0.29, 0.717) is 5.95 Å². The van der Waals surface area contributed by atoms with Crippen molar-refractivity contribution < 1.29 is 9.18 Å². The van der Waals surface area contributed by atoms with Gasteiger partial charge in [0.25, 0.3) is 0 Å². The average Bonchev–Trinajstić information content (AvgIpc) is 2.53. The van der Waals surface area contributed by atoms with Gasteiger partial charge in [-0.15, -0.1) is 0 Å². The Morgan fingerprint density at radius 1 is 1.17 bits per heavy atom. The maximum Gasteiger partial charge on any atom is 0.222 e. The molecule has 0 saturated heterocycles. The van der Waals surface area contributed by atoms with Crippen LogP contribution in [0.1, 0.15) is 19.4 Å². The monoisotopic (exact) mass is 316 g/mol. The first-order valence-electron chi connectivity index (χ1n) is 7.57. The molecule has 0 radical (unpaired) electrons. The van der Waals surface area contributed by atoms with E-state index in [1.165, 1.54) is 6.92 Å². The minimum absolute atomic E-state index is 0.0206. The highest BCUT2D eigenvalue weighted by Crippen LogP contribution is 2.19. The van der Waals surface area contributed by atoms with Crippen molar-refractivity contribution >= 4 is 11.9 Å². The van der Waals surface area contributed by atoms with Gasteiger partial charge in [0, 0.05) is 37.5 Å². The van der Waals surface area contributed by atoms with Gasteiger partial charge in [0.2, 0.25) is 11.9 Å². The largest absolute Gasteiger partial charge is 0.354 e. The van der Waals surface area contributed by atoms with Gasteiger partial charge in [-0.25, -0.2) is 14.4 Å². The SMILES string of the molecule is CC(=O)NC(C)Cc1ccc(-c2cnc(NCCF)nc2)cc1. The zero-order valence-corrected chi connectivity index (χ0v) is 13.3. The zero-order valence-electron chi connectivity index (χ0n) is 13.3. The van der Waals surface area contributed by atoms with Crippen LogP contribution >= 0.6 is 0 Å². The fraction of sp³-hybridized carbons (Fsp3) is 0.353. The second-order valence-electron chi connectivity index (χ2n) is 5.41. The van der Waals surface area contributed by atoms with Gasteiger partial charge >= 0.3 is 0 Å². The second-order valence-corrected chi connectivity index (χ2v) is 5.41. The molecule has 1 aromatic carbocycles. The summed E-state index contributed by atoms with van der Waals surface area (Å²) >= 11 is 0. The van der Waals surface area contributed by atoms with E-state index in [9.17, 15) is 9.18 Å². The van der Waals surface area contributed by atoms with Crippen LogP contribution in [0.4, 0.5) is 10.3 Å². The topological polar surface area (TPSA) is 66.9 Å². The minimum atomic E-state index is -0.455. The fourth-order valence-corrected chi connectivity index (χ4v) is 2.31. The summed E-state index contributed by atoms with van der Waals surface area (Å²) in [6, 6.07) is 8.17. The summed E-state index contributed by atoms with van der Waals surface area (Å²) in [7, 11) is 0. The van der Waals surface area contributed by atoms with Crippen molar-refractivity contribution in [2.75, 3.05) is 18.5 Å². The van der Waals surface area contributed by atoms with Gasteiger partial charge in [-0.1, -0.05) is 24.3 Å². The van der Waals surface area contributed by atoms with Gasteiger partial charge in [-0.05, 0) is 24.5 Å². The van der Waals surface area contributed by atoms with Crippen LogP contribution in [0.5, 0.6) is 0 Å². The Labute approximate surface area is 135 Å². The molecule has 1 amide bonds. The van der Waals surface area contributed by atoms with Crippen molar-refractivity contribution in [3.05, 3.63) is 42.2 Å². The third-order valence-electron chi connectivity index (χ3n) is 3.31. The van der Waals surface area contributed by atoms with Gasteiger partial charge in [0.05, 0.1) is 0 Å². The molecule has 0 aliphatic heterocycles. The number of amides is 1. The van der Waals surface area contributed by atoms with Crippen LogP contribution in [-0.4, -0.2) is 35.1 Å². The number of carbonyl (C=O) groups excluding carboxylic acids is 1. The number of alkyl halides is 1. The zero-order chi connectivity index (χ0) is 16.7.